The van der Waals surface area contributed by atoms with Crippen molar-refractivity contribution >= 4 is 0 Å². The number of nitrogens with zero attached hydrogens (tertiary/aromatic N) is 2. The van der Waals surface area contributed by atoms with Gasteiger partial charge in [-0.05, 0) is 18.2 Å². The van der Waals surface area contributed by atoms with Crippen LogP contribution < -0.4 is 10.1 Å². The molecule has 1 aromatic carbocycles. The van der Waals surface area contributed by atoms with Crippen LogP contribution in [-0.4, -0.2) is 29.8 Å². The van der Waals surface area contributed by atoms with Gasteiger partial charge in [0.25, 0.3) is 0 Å². The van der Waals surface area contributed by atoms with Gasteiger partial charge < -0.3 is 14.6 Å². The van der Waals surface area contributed by atoms with E-state index in [2.05, 4.69) is 29.3 Å². The van der Waals surface area contributed by atoms with E-state index in [1.54, 1.807) is 12.1 Å². The average Bonchev–Trinajstić information content (AvgIpc) is 2.87. The lowest BCUT2D eigenvalue weighted by Crippen LogP contribution is -2.25. The lowest BCUT2D eigenvalue weighted by Gasteiger charge is -2.04. The fourth-order valence-corrected chi connectivity index (χ4v) is 1.74. The summed E-state index contributed by atoms with van der Waals surface area (Å²) in [4.78, 5) is 4.29. The minimum atomic E-state index is -0.416. The van der Waals surface area contributed by atoms with E-state index in [4.69, 9.17) is 9.26 Å². The maximum Gasteiger partial charge on any atom is 0.228 e. The van der Waals surface area contributed by atoms with Crippen LogP contribution in [0.3, 0.4) is 0 Å². The highest BCUT2D eigenvalue weighted by Gasteiger charge is 2.11. The minimum Gasteiger partial charge on any atom is -0.494 e. The van der Waals surface area contributed by atoms with Gasteiger partial charge in [-0.25, -0.2) is 4.39 Å². The number of ether oxygens (including phenoxy) is 1. The van der Waals surface area contributed by atoms with Crippen LogP contribution >= 0.6 is 0 Å². The first-order chi connectivity index (χ1) is 9.60. The minimum absolute atomic E-state index is 0.162. The van der Waals surface area contributed by atoms with Crippen LogP contribution in [0.1, 0.15) is 19.7 Å². The zero-order chi connectivity index (χ0) is 14.5. The van der Waals surface area contributed by atoms with Crippen LogP contribution in [-0.2, 0) is 6.42 Å². The quantitative estimate of drug-likeness (QED) is 0.880. The summed E-state index contributed by atoms with van der Waals surface area (Å²) >= 11 is 0. The molecule has 0 saturated heterocycles. The molecule has 1 heterocycles. The number of nitrogens with one attached hydrogen (secondary N) is 1. The molecule has 0 saturated carbocycles. The molecule has 0 atom stereocenters. The van der Waals surface area contributed by atoms with Crippen molar-refractivity contribution in [2.75, 3.05) is 13.7 Å². The van der Waals surface area contributed by atoms with Crippen LogP contribution in [0.5, 0.6) is 5.75 Å². The summed E-state index contributed by atoms with van der Waals surface area (Å²) in [7, 11) is 1.42. The fraction of sp³-hybridized carbons (Fsp3) is 0.429. The predicted octanol–water partition coefficient (Wildman–Crippen LogP) is 2.42. The standard InChI is InChI=1S/C14H18FN3O2/c1-9(2)16-7-6-13-17-14(18-20-13)10-4-5-11(15)12(8-10)19-3/h4-5,8-9,16H,6-7H2,1-3H3. The SMILES string of the molecule is COc1cc(-c2noc(CCNC(C)C)n2)ccc1F. The molecule has 0 amide bonds. The lowest BCUT2D eigenvalue weighted by molar-refractivity contribution is 0.374. The average molecular weight is 279 g/mol. The van der Waals surface area contributed by atoms with E-state index in [0.717, 1.165) is 6.54 Å². The van der Waals surface area contributed by atoms with Crippen molar-refractivity contribution in [2.24, 2.45) is 0 Å². The third-order valence-electron chi connectivity index (χ3n) is 2.77. The normalized spacial score (nSPS) is 11.1. The zero-order valence-corrected chi connectivity index (χ0v) is 11.8. The van der Waals surface area contributed by atoms with Crippen molar-refractivity contribution in [1.82, 2.24) is 15.5 Å². The Morgan fingerprint density at radius 1 is 1.40 bits per heavy atom. The van der Waals surface area contributed by atoms with E-state index in [-0.39, 0.29) is 5.75 Å². The molecule has 20 heavy (non-hydrogen) atoms. The molecule has 0 aliphatic rings. The molecule has 5 nitrogen and oxygen atoms in total. The Morgan fingerprint density at radius 3 is 2.90 bits per heavy atom. The Balaban J connectivity index is 2.08. The zero-order valence-electron chi connectivity index (χ0n) is 11.8. The summed E-state index contributed by atoms with van der Waals surface area (Å²) in [6, 6.07) is 4.89. The molecular weight excluding hydrogens is 261 g/mol. The third kappa shape index (κ3) is 3.54. The van der Waals surface area contributed by atoms with E-state index in [9.17, 15) is 4.39 Å². The van der Waals surface area contributed by atoms with Crippen molar-refractivity contribution in [3.8, 4) is 17.1 Å². The summed E-state index contributed by atoms with van der Waals surface area (Å²) in [5, 5.41) is 7.17. The molecule has 108 valence electrons. The number of methoxy groups -OCH3 is 1. The smallest absolute Gasteiger partial charge is 0.228 e. The number of benzene rings is 1. The van der Waals surface area contributed by atoms with Gasteiger partial charge in [0.15, 0.2) is 11.6 Å². The highest BCUT2D eigenvalue weighted by molar-refractivity contribution is 5.57. The van der Waals surface area contributed by atoms with Gasteiger partial charge in [-0.15, -0.1) is 0 Å². The molecule has 0 fully saturated rings. The monoisotopic (exact) mass is 279 g/mol. The fourth-order valence-electron chi connectivity index (χ4n) is 1.74. The van der Waals surface area contributed by atoms with Gasteiger partial charge in [-0.2, -0.15) is 4.98 Å². The molecule has 0 aliphatic carbocycles. The Morgan fingerprint density at radius 2 is 2.20 bits per heavy atom. The van der Waals surface area contributed by atoms with Gasteiger partial charge in [0.05, 0.1) is 7.11 Å². The number of hydrogen-bond acceptors (Lipinski definition) is 5. The highest BCUT2D eigenvalue weighted by Crippen LogP contribution is 2.24. The second-order valence-corrected chi connectivity index (χ2v) is 4.72. The number of halogens is 1. The van der Waals surface area contributed by atoms with Crippen molar-refractivity contribution in [2.45, 2.75) is 26.3 Å². The van der Waals surface area contributed by atoms with Crippen molar-refractivity contribution in [3.63, 3.8) is 0 Å². The Labute approximate surface area is 117 Å². The van der Waals surface area contributed by atoms with Crippen LogP contribution in [0.4, 0.5) is 4.39 Å². The molecule has 0 radical (unpaired) electrons. The molecular formula is C14H18FN3O2. The largest absolute Gasteiger partial charge is 0.494 e. The first kappa shape index (κ1) is 14.5. The Bertz CT molecular complexity index is 569. The van der Waals surface area contributed by atoms with Crippen LogP contribution in [0.25, 0.3) is 11.4 Å². The van der Waals surface area contributed by atoms with Gasteiger partial charge in [0.2, 0.25) is 11.7 Å². The molecule has 1 aromatic heterocycles. The van der Waals surface area contributed by atoms with E-state index in [1.165, 1.54) is 13.2 Å². The maximum absolute atomic E-state index is 13.3. The van der Waals surface area contributed by atoms with Crippen LogP contribution in [0, 0.1) is 5.82 Å². The van der Waals surface area contributed by atoms with Gasteiger partial charge in [-0.1, -0.05) is 19.0 Å². The van der Waals surface area contributed by atoms with Crippen LogP contribution in [0.2, 0.25) is 0 Å². The van der Waals surface area contributed by atoms with Gasteiger partial charge >= 0.3 is 0 Å². The summed E-state index contributed by atoms with van der Waals surface area (Å²) in [6.45, 7) is 4.92. The summed E-state index contributed by atoms with van der Waals surface area (Å²) in [6.07, 6.45) is 0.656. The second kappa shape index (κ2) is 6.47. The summed E-state index contributed by atoms with van der Waals surface area (Å²) in [5.74, 6) is 0.732. The number of hydrogen-bond donors (Lipinski definition) is 1. The third-order valence-corrected chi connectivity index (χ3v) is 2.77. The first-order valence-electron chi connectivity index (χ1n) is 6.50. The predicted molar refractivity (Wildman–Crippen MR) is 73.1 cm³/mol. The van der Waals surface area contributed by atoms with E-state index >= 15 is 0 Å². The number of rotatable bonds is 6. The van der Waals surface area contributed by atoms with Gasteiger partial charge in [0.1, 0.15) is 0 Å². The van der Waals surface area contributed by atoms with Gasteiger partial charge in [-0.3, -0.25) is 0 Å². The Kier molecular flexibility index (Phi) is 4.68. The summed E-state index contributed by atoms with van der Waals surface area (Å²) in [5.41, 5.74) is 0.662. The molecule has 2 rings (SSSR count). The van der Waals surface area contributed by atoms with Crippen LogP contribution in [0.15, 0.2) is 22.7 Å². The second-order valence-electron chi connectivity index (χ2n) is 4.72. The first-order valence-corrected chi connectivity index (χ1v) is 6.50. The summed E-state index contributed by atoms with van der Waals surface area (Å²) < 4.78 is 23.4. The lowest BCUT2D eigenvalue weighted by atomic mass is 10.2. The molecule has 0 spiro atoms. The molecule has 0 aliphatic heterocycles. The maximum atomic E-state index is 13.3. The van der Waals surface area contributed by atoms with Crippen molar-refractivity contribution < 1.29 is 13.7 Å². The van der Waals surface area contributed by atoms with Crippen molar-refractivity contribution in [1.29, 1.82) is 0 Å². The molecule has 0 unspecified atom stereocenters. The molecule has 1 N–H and O–H groups in total. The number of aromatic nitrogens is 2. The van der Waals surface area contributed by atoms with E-state index in [1.807, 2.05) is 0 Å². The molecule has 2 aromatic rings. The molecule has 0 bridgehead atoms. The highest BCUT2D eigenvalue weighted by atomic mass is 19.1. The van der Waals surface area contributed by atoms with Gasteiger partial charge in [0, 0.05) is 24.6 Å². The Hall–Kier alpha value is -1.95. The van der Waals surface area contributed by atoms with Crippen molar-refractivity contribution in [3.05, 3.63) is 29.9 Å². The van der Waals surface area contributed by atoms with E-state index < -0.39 is 5.82 Å². The molecule has 6 heteroatoms. The topological polar surface area (TPSA) is 60.2 Å². The van der Waals surface area contributed by atoms with E-state index in [0.29, 0.717) is 29.7 Å².